The van der Waals surface area contributed by atoms with Gasteiger partial charge in [-0.1, -0.05) is 18.2 Å². The highest BCUT2D eigenvalue weighted by molar-refractivity contribution is 5.73. The largest absolute Gasteiger partial charge is 0.490 e. The van der Waals surface area contributed by atoms with Crippen molar-refractivity contribution in [3.05, 3.63) is 29.8 Å². The van der Waals surface area contributed by atoms with Crippen LogP contribution in [0.15, 0.2) is 24.3 Å². The number of aliphatic hydroxyl groups is 1. The van der Waals surface area contributed by atoms with Crippen LogP contribution in [0.25, 0.3) is 0 Å². The normalized spacial score (nSPS) is 22.8. The number of rotatable bonds is 4. The third kappa shape index (κ3) is 3.96. The fourth-order valence-electron chi connectivity index (χ4n) is 2.40. The fraction of sp³-hybridized carbons (Fsp3) is 0.533. The summed E-state index contributed by atoms with van der Waals surface area (Å²) in [6.07, 6.45) is 3.40. The Labute approximate surface area is 113 Å². The molecule has 4 heteroatoms. The van der Waals surface area contributed by atoms with Gasteiger partial charge in [0.1, 0.15) is 11.9 Å². The van der Waals surface area contributed by atoms with Crippen molar-refractivity contribution in [2.75, 3.05) is 7.11 Å². The number of esters is 1. The highest BCUT2D eigenvalue weighted by Gasteiger charge is 2.22. The molecular formula is C15H20O4. The topological polar surface area (TPSA) is 55.8 Å². The summed E-state index contributed by atoms with van der Waals surface area (Å²) < 4.78 is 10.6. The minimum Gasteiger partial charge on any atom is -0.490 e. The zero-order valence-electron chi connectivity index (χ0n) is 11.2. The predicted molar refractivity (Wildman–Crippen MR) is 71.1 cm³/mol. The molecule has 104 valence electrons. The van der Waals surface area contributed by atoms with Gasteiger partial charge in [0.15, 0.2) is 0 Å². The van der Waals surface area contributed by atoms with Crippen LogP contribution < -0.4 is 4.74 Å². The zero-order chi connectivity index (χ0) is 13.7. The van der Waals surface area contributed by atoms with Gasteiger partial charge in [-0.3, -0.25) is 4.79 Å². The van der Waals surface area contributed by atoms with E-state index in [-0.39, 0.29) is 24.6 Å². The van der Waals surface area contributed by atoms with E-state index in [1.54, 1.807) is 0 Å². The molecule has 1 N–H and O–H groups in total. The van der Waals surface area contributed by atoms with E-state index in [1.807, 2.05) is 24.3 Å². The summed E-state index contributed by atoms with van der Waals surface area (Å²) in [5.41, 5.74) is 0.828. The van der Waals surface area contributed by atoms with E-state index in [0.717, 1.165) is 24.8 Å². The van der Waals surface area contributed by atoms with Crippen molar-refractivity contribution in [3.8, 4) is 5.75 Å². The number of carbonyl (C=O) groups is 1. The Bertz CT molecular complexity index is 430. The van der Waals surface area contributed by atoms with Crippen LogP contribution in [0.1, 0.15) is 31.2 Å². The summed E-state index contributed by atoms with van der Waals surface area (Å²) in [5, 5.41) is 9.66. The standard InChI is InChI=1S/C15H20O4/c1-18-15(17)9-11-5-2-3-8-14(11)19-13-7-4-6-12(16)10-13/h2-3,5,8,12-13,16H,4,6-7,9-10H2,1H3. The lowest BCUT2D eigenvalue weighted by molar-refractivity contribution is -0.139. The number of para-hydroxylation sites is 1. The molecule has 19 heavy (non-hydrogen) atoms. The molecule has 2 atom stereocenters. The first-order chi connectivity index (χ1) is 9.19. The molecule has 2 unspecified atom stereocenters. The third-order valence-electron chi connectivity index (χ3n) is 3.43. The molecule has 1 aliphatic rings. The van der Waals surface area contributed by atoms with Gasteiger partial charge in [-0.15, -0.1) is 0 Å². The molecule has 1 fully saturated rings. The fourth-order valence-corrected chi connectivity index (χ4v) is 2.40. The average Bonchev–Trinajstić information content (AvgIpc) is 2.41. The lowest BCUT2D eigenvalue weighted by Crippen LogP contribution is -2.28. The van der Waals surface area contributed by atoms with Gasteiger partial charge >= 0.3 is 5.97 Å². The van der Waals surface area contributed by atoms with Crippen molar-refractivity contribution in [1.29, 1.82) is 0 Å². The molecule has 1 aromatic rings. The molecule has 0 bridgehead atoms. The first kappa shape index (κ1) is 13.9. The van der Waals surface area contributed by atoms with Gasteiger partial charge in [0.25, 0.3) is 0 Å². The van der Waals surface area contributed by atoms with Gasteiger partial charge in [0.05, 0.1) is 19.6 Å². The highest BCUT2D eigenvalue weighted by atomic mass is 16.5. The maximum Gasteiger partial charge on any atom is 0.310 e. The maximum absolute atomic E-state index is 11.4. The monoisotopic (exact) mass is 264 g/mol. The summed E-state index contributed by atoms with van der Waals surface area (Å²) in [4.78, 5) is 11.4. The van der Waals surface area contributed by atoms with Gasteiger partial charge < -0.3 is 14.6 Å². The van der Waals surface area contributed by atoms with Crippen molar-refractivity contribution in [3.63, 3.8) is 0 Å². The maximum atomic E-state index is 11.4. The second-order valence-electron chi connectivity index (χ2n) is 4.92. The van der Waals surface area contributed by atoms with Gasteiger partial charge in [0, 0.05) is 12.0 Å². The summed E-state index contributed by atoms with van der Waals surface area (Å²) in [5.74, 6) is 0.437. The number of carbonyl (C=O) groups excluding carboxylic acids is 1. The van der Waals surface area contributed by atoms with Crippen molar-refractivity contribution in [2.45, 2.75) is 44.3 Å². The summed E-state index contributed by atoms with van der Waals surface area (Å²) in [6.45, 7) is 0. The van der Waals surface area contributed by atoms with Crippen LogP contribution in [0.4, 0.5) is 0 Å². The second kappa shape index (κ2) is 6.57. The van der Waals surface area contributed by atoms with E-state index in [1.165, 1.54) is 7.11 Å². The molecule has 1 aromatic carbocycles. The van der Waals surface area contributed by atoms with Crippen LogP contribution in [-0.2, 0) is 16.0 Å². The molecule has 0 aromatic heterocycles. The zero-order valence-corrected chi connectivity index (χ0v) is 11.2. The Morgan fingerprint density at radius 2 is 2.16 bits per heavy atom. The van der Waals surface area contributed by atoms with Crippen molar-refractivity contribution in [2.24, 2.45) is 0 Å². The van der Waals surface area contributed by atoms with Gasteiger partial charge in [-0.25, -0.2) is 0 Å². The molecule has 0 heterocycles. The lowest BCUT2D eigenvalue weighted by atomic mass is 9.95. The molecule has 0 spiro atoms. The number of hydrogen-bond acceptors (Lipinski definition) is 4. The van der Waals surface area contributed by atoms with Crippen molar-refractivity contribution in [1.82, 2.24) is 0 Å². The SMILES string of the molecule is COC(=O)Cc1ccccc1OC1CCCC(O)C1. The molecule has 0 radical (unpaired) electrons. The van der Waals surface area contributed by atoms with Crippen LogP contribution >= 0.6 is 0 Å². The average molecular weight is 264 g/mol. The number of methoxy groups -OCH3 is 1. The van der Waals surface area contributed by atoms with E-state index in [2.05, 4.69) is 4.74 Å². The quantitative estimate of drug-likeness (QED) is 0.846. The molecule has 2 rings (SSSR count). The first-order valence-corrected chi connectivity index (χ1v) is 6.68. The minimum absolute atomic E-state index is 0.0301. The van der Waals surface area contributed by atoms with Crippen LogP contribution in [0.3, 0.4) is 0 Å². The molecule has 0 saturated heterocycles. The van der Waals surface area contributed by atoms with E-state index in [9.17, 15) is 9.90 Å². The van der Waals surface area contributed by atoms with E-state index in [0.29, 0.717) is 12.2 Å². The van der Waals surface area contributed by atoms with Crippen LogP contribution in [-0.4, -0.2) is 30.4 Å². The minimum atomic E-state index is -0.278. The van der Waals surface area contributed by atoms with E-state index < -0.39 is 0 Å². The number of benzene rings is 1. The Morgan fingerprint density at radius 3 is 2.89 bits per heavy atom. The Balaban J connectivity index is 2.04. The summed E-state index contributed by atoms with van der Waals surface area (Å²) >= 11 is 0. The molecule has 1 saturated carbocycles. The number of aliphatic hydroxyl groups excluding tert-OH is 1. The summed E-state index contributed by atoms with van der Waals surface area (Å²) in [7, 11) is 1.38. The van der Waals surface area contributed by atoms with Crippen LogP contribution in [0, 0.1) is 0 Å². The number of ether oxygens (including phenoxy) is 2. The molecule has 1 aliphatic carbocycles. The number of hydrogen-bond donors (Lipinski definition) is 1. The first-order valence-electron chi connectivity index (χ1n) is 6.68. The molecule has 0 amide bonds. The van der Waals surface area contributed by atoms with Crippen molar-refractivity contribution < 1.29 is 19.4 Å². The Hall–Kier alpha value is -1.55. The second-order valence-corrected chi connectivity index (χ2v) is 4.92. The van der Waals surface area contributed by atoms with E-state index in [4.69, 9.17) is 4.74 Å². The van der Waals surface area contributed by atoms with Gasteiger partial charge in [-0.2, -0.15) is 0 Å². The molecule has 0 aliphatic heterocycles. The molecule has 4 nitrogen and oxygen atoms in total. The van der Waals surface area contributed by atoms with Crippen LogP contribution in [0.2, 0.25) is 0 Å². The lowest BCUT2D eigenvalue weighted by Gasteiger charge is -2.27. The van der Waals surface area contributed by atoms with Gasteiger partial charge in [0.2, 0.25) is 0 Å². The third-order valence-corrected chi connectivity index (χ3v) is 3.43. The van der Waals surface area contributed by atoms with Crippen LogP contribution in [0.5, 0.6) is 5.75 Å². The smallest absolute Gasteiger partial charge is 0.310 e. The highest BCUT2D eigenvalue weighted by Crippen LogP contribution is 2.26. The van der Waals surface area contributed by atoms with Crippen molar-refractivity contribution >= 4 is 5.97 Å². The van der Waals surface area contributed by atoms with E-state index >= 15 is 0 Å². The predicted octanol–water partition coefficient (Wildman–Crippen LogP) is 2.08. The van der Waals surface area contributed by atoms with Gasteiger partial charge in [-0.05, 0) is 25.3 Å². The summed E-state index contributed by atoms with van der Waals surface area (Å²) in [6, 6.07) is 7.49. The molecular weight excluding hydrogens is 244 g/mol. The Morgan fingerprint density at radius 1 is 1.37 bits per heavy atom. The Kier molecular flexibility index (Phi) is 4.80.